The Bertz CT molecular complexity index is 859. The van der Waals surface area contributed by atoms with Crippen molar-refractivity contribution in [2.45, 2.75) is 185 Å². The minimum Gasteiger partial charge on any atom is -0.481 e. The van der Waals surface area contributed by atoms with Gasteiger partial charge < -0.3 is 54.3 Å². The normalized spacial score (nSPS) is 33.4. The summed E-state index contributed by atoms with van der Waals surface area (Å²) in [5.41, 5.74) is 0. The molecule has 2 aliphatic rings. The first-order valence-corrected chi connectivity index (χ1v) is 16.8. The van der Waals surface area contributed by atoms with Crippen LogP contribution in [-0.2, 0) is 33.3 Å². The number of rotatable bonds is 21. The summed E-state index contributed by atoms with van der Waals surface area (Å²) in [6.07, 6.45) is -3.51. The van der Waals surface area contributed by atoms with Crippen molar-refractivity contribution >= 4 is 11.9 Å². The molecule has 13 heteroatoms. The van der Waals surface area contributed by atoms with Gasteiger partial charge in [-0.15, -0.1) is 0 Å². The summed E-state index contributed by atoms with van der Waals surface area (Å²) in [6, 6.07) is 0. The number of carboxylic acid groups (broad SMARTS) is 1. The van der Waals surface area contributed by atoms with E-state index in [1.54, 1.807) is 6.92 Å². The van der Waals surface area contributed by atoms with E-state index < -0.39 is 85.6 Å². The molecule has 0 saturated carbocycles. The number of aliphatic hydroxyl groups excluding tert-OH is 5. The molecule has 2 saturated heterocycles. The van der Waals surface area contributed by atoms with Crippen LogP contribution in [0, 0.1) is 0 Å². The predicted octanol–water partition coefficient (Wildman–Crippen LogP) is 2.55. The molecule has 45 heavy (non-hydrogen) atoms. The van der Waals surface area contributed by atoms with Crippen LogP contribution in [-0.4, -0.2) is 116 Å². The van der Waals surface area contributed by atoms with Gasteiger partial charge in [0.1, 0.15) is 43.2 Å². The van der Waals surface area contributed by atoms with E-state index in [2.05, 4.69) is 13.8 Å². The molecular weight excluding hydrogens is 592 g/mol. The smallest absolute Gasteiger partial charge is 0.308 e. The number of unbranched alkanes of at least 4 members (excludes halogenated alkanes) is 8. The molecular formula is C32H58O13. The number of aliphatic carboxylic acids is 1. The first-order valence-electron chi connectivity index (χ1n) is 16.8. The summed E-state index contributed by atoms with van der Waals surface area (Å²) >= 11 is 0. The Morgan fingerprint density at radius 1 is 0.756 bits per heavy atom. The highest BCUT2D eigenvalue weighted by Gasteiger charge is 2.56. The molecule has 0 aromatic rings. The number of hydrogen-bond donors (Lipinski definition) is 6. The third-order valence-corrected chi connectivity index (χ3v) is 8.65. The summed E-state index contributed by atoms with van der Waals surface area (Å²) in [4.78, 5) is 24.7. The second-order valence-corrected chi connectivity index (χ2v) is 12.6. The molecule has 0 spiro atoms. The minimum atomic E-state index is -2.13. The van der Waals surface area contributed by atoms with Crippen molar-refractivity contribution in [1.29, 1.82) is 0 Å². The molecule has 2 fully saturated rings. The molecule has 0 bridgehead atoms. The zero-order valence-electron chi connectivity index (χ0n) is 27.4. The number of carbonyl (C=O) groups excluding carboxylic acids is 1. The minimum absolute atomic E-state index is 0.297. The summed E-state index contributed by atoms with van der Waals surface area (Å²) in [5.74, 6) is -3.88. The Hall–Kier alpha value is -1.42. The van der Waals surface area contributed by atoms with Gasteiger partial charge in [-0.3, -0.25) is 9.59 Å². The van der Waals surface area contributed by atoms with Gasteiger partial charge in [0.15, 0.2) is 6.29 Å². The van der Waals surface area contributed by atoms with E-state index in [0.717, 1.165) is 57.8 Å². The van der Waals surface area contributed by atoms with Crippen LogP contribution < -0.4 is 0 Å². The fourth-order valence-corrected chi connectivity index (χ4v) is 5.74. The molecule has 264 valence electrons. The van der Waals surface area contributed by atoms with Gasteiger partial charge in [0.25, 0.3) is 0 Å². The molecule has 0 aliphatic carbocycles. The lowest BCUT2D eigenvalue weighted by Gasteiger charge is -2.49. The number of carbonyl (C=O) groups is 2. The maximum absolute atomic E-state index is 13.2. The maximum atomic E-state index is 13.2. The predicted molar refractivity (Wildman–Crippen MR) is 162 cm³/mol. The number of hydrogen-bond acceptors (Lipinski definition) is 12. The average Bonchev–Trinajstić information content (AvgIpc) is 2.99. The van der Waals surface area contributed by atoms with Crippen LogP contribution in [0.5, 0.6) is 0 Å². The van der Waals surface area contributed by atoms with E-state index in [9.17, 15) is 40.2 Å². The Balaban J connectivity index is 2.26. The SMILES string of the molecule is CCCCCCC[C@H](CC(=O)O)OC(=O)C[C@@H](CCCCCCC)O[C@]1(O[C@@H]2OC(C)[C@H](O)C(O)C2O)COC(C)[C@H](O)C1O. The second-order valence-electron chi connectivity index (χ2n) is 12.6. The molecule has 2 heterocycles. The van der Waals surface area contributed by atoms with Crippen LogP contribution >= 0.6 is 0 Å². The summed E-state index contributed by atoms with van der Waals surface area (Å²) < 4.78 is 29.2. The van der Waals surface area contributed by atoms with Crippen molar-refractivity contribution in [2.75, 3.05) is 6.61 Å². The van der Waals surface area contributed by atoms with Gasteiger partial charge >= 0.3 is 11.9 Å². The summed E-state index contributed by atoms with van der Waals surface area (Å²) in [7, 11) is 0. The van der Waals surface area contributed by atoms with Crippen molar-refractivity contribution in [3.05, 3.63) is 0 Å². The molecule has 0 aromatic carbocycles. The van der Waals surface area contributed by atoms with E-state index in [1.807, 2.05) is 0 Å². The zero-order chi connectivity index (χ0) is 33.6. The Kier molecular flexibility index (Phi) is 17.7. The van der Waals surface area contributed by atoms with Crippen LogP contribution in [0.4, 0.5) is 0 Å². The highest BCUT2D eigenvalue weighted by atomic mass is 16.8. The Morgan fingerprint density at radius 2 is 1.33 bits per heavy atom. The first kappa shape index (κ1) is 39.8. The molecule has 13 nitrogen and oxygen atoms in total. The van der Waals surface area contributed by atoms with E-state index in [4.69, 9.17) is 23.7 Å². The zero-order valence-corrected chi connectivity index (χ0v) is 27.4. The molecule has 0 radical (unpaired) electrons. The second kappa shape index (κ2) is 20.1. The number of ether oxygens (including phenoxy) is 5. The van der Waals surface area contributed by atoms with Gasteiger partial charge in [-0.1, -0.05) is 71.6 Å². The third-order valence-electron chi connectivity index (χ3n) is 8.65. The molecule has 6 N–H and O–H groups in total. The number of esters is 1. The monoisotopic (exact) mass is 650 g/mol. The van der Waals surface area contributed by atoms with Crippen molar-refractivity contribution in [3.8, 4) is 0 Å². The van der Waals surface area contributed by atoms with E-state index in [0.29, 0.717) is 19.3 Å². The summed E-state index contributed by atoms with van der Waals surface area (Å²) in [6.45, 7) is 6.81. The maximum Gasteiger partial charge on any atom is 0.308 e. The van der Waals surface area contributed by atoms with Crippen LogP contribution in [0.1, 0.15) is 118 Å². The Labute approximate surface area is 267 Å². The van der Waals surface area contributed by atoms with Crippen molar-refractivity contribution < 1.29 is 63.9 Å². The lowest BCUT2D eigenvalue weighted by Crippen LogP contribution is -2.68. The van der Waals surface area contributed by atoms with Gasteiger partial charge in [-0.2, -0.15) is 0 Å². The lowest BCUT2D eigenvalue weighted by molar-refractivity contribution is -0.421. The number of aliphatic hydroxyl groups is 5. The highest BCUT2D eigenvalue weighted by molar-refractivity contribution is 5.72. The molecule has 11 atom stereocenters. The lowest BCUT2D eigenvalue weighted by atomic mass is 9.95. The van der Waals surface area contributed by atoms with Gasteiger partial charge in [-0.25, -0.2) is 0 Å². The molecule has 5 unspecified atom stereocenters. The van der Waals surface area contributed by atoms with Gasteiger partial charge in [0.2, 0.25) is 5.79 Å². The summed E-state index contributed by atoms with van der Waals surface area (Å²) in [5, 5.41) is 62.6. The number of carboxylic acids is 1. The molecule has 0 aromatic heterocycles. The molecule has 2 aliphatic heterocycles. The van der Waals surface area contributed by atoms with Crippen LogP contribution in [0.15, 0.2) is 0 Å². The van der Waals surface area contributed by atoms with Crippen molar-refractivity contribution in [1.82, 2.24) is 0 Å². The van der Waals surface area contributed by atoms with Crippen molar-refractivity contribution in [2.24, 2.45) is 0 Å². The van der Waals surface area contributed by atoms with Gasteiger partial charge in [-0.05, 0) is 33.1 Å². The topological polar surface area (TPSA) is 202 Å². The van der Waals surface area contributed by atoms with E-state index >= 15 is 0 Å². The molecule has 0 amide bonds. The molecule has 2 rings (SSSR count). The first-order chi connectivity index (χ1) is 21.3. The van der Waals surface area contributed by atoms with Crippen molar-refractivity contribution in [3.63, 3.8) is 0 Å². The van der Waals surface area contributed by atoms with Crippen LogP contribution in [0.2, 0.25) is 0 Å². The van der Waals surface area contributed by atoms with Gasteiger partial charge in [0.05, 0.1) is 31.2 Å². The fourth-order valence-electron chi connectivity index (χ4n) is 5.74. The third kappa shape index (κ3) is 12.6. The van der Waals surface area contributed by atoms with Crippen LogP contribution in [0.3, 0.4) is 0 Å². The average molecular weight is 651 g/mol. The van der Waals surface area contributed by atoms with E-state index in [1.165, 1.54) is 6.92 Å². The van der Waals surface area contributed by atoms with E-state index in [-0.39, 0.29) is 12.8 Å². The standard InChI is InChI=1S/C32H58O13/c1-5-7-9-11-13-15-22(17-24(33)34)43-25(35)18-23(16-14-12-10-8-6-2)44-32(19-41-20(3)27(37)30(32)40)45-31-29(39)28(38)26(36)21(4)42-31/h20-23,26-31,36-40H,5-19H2,1-4H3,(H,33,34)/t20?,21?,22-,23-,26+,27+,28?,29?,30?,31+,32+/m1/s1. The highest BCUT2D eigenvalue weighted by Crippen LogP contribution is 2.36. The fraction of sp³-hybridized carbons (Fsp3) is 0.938. The quantitative estimate of drug-likeness (QED) is 0.0602. The Morgan fingerprint density at radius 3 is 1.91 bits per heavy atom. The largest absolute Gasteiger partial charge is 0.481 e. The van der Waals surface area contributed by atoms with Crippen LogP contribution in [0.25, 0.3) is 0 Å². The van der Waals surface area contributed by atoms with Gasteiger partial charge in [0, 0.05) is 0 Å².